The van der Waals surface area contributed by atoms with Crippen molar-refractivity contribution in [2.75, 3.05) is 24.7 Å². The van der Waals surface area contributed by atoms with Gasteiger partial charge in [-0.05, 0) is 43.2 Å². The molecule has 1 fully saturated rings. The second-order valence-electron chi connectivity index (χ2n) is 5.12. The van der Waals surface area contributed by atoms with Gasteiger partial charge in [0, 0.05) is 29.1 Å². The molecule has 0 bridgehead atoms. The zero-order valence-electron chi connectivity index (χ0n) is 10.6. The molecule has 3 nitrogen and oxygen atoms in total. The monoisotopic (exact) mass is 262 g/mol. The van der Waals surface area contributed by atoms with Crippen molar-refractivity contribution in [3.63, 3.8) is 0 Å². The number of hydrogen-bond donors (Lipinski definition) is 2. The third-order valence-corrected chi connectivity index (χ3v) is 5.31. The predicted octanol–water partition coefficient (Wildman–Crippen LogP) is 2.28. The summed E-state index contributed by atoms with van der Waals surface area (Å²) < 4.78 is 0.324. The zero-order chi connectivity index (χ0) is 12.6. The van der Waals surface area contributed by atoms with Gasteiger partial charge in [0.05, 0.1) is 0 Å². The lowest BCUT2D eigenvalue weighted by Crippen LogP contribution is -2.31. The summed E-state index contributed by atoms with van der Waals surface area (Å²) >= 11 is 1.87. The van der Waals surface area contributed by atoms with Crippen molar-refractivity contribution in [2.45, 2.75) is 24.0 Å². The molecule has 96 valence electrons. The number of carbonyl (C=O) groups excluding carboxylic acids is 1. The van der Waals surface area contributed by atoms with Crippen LogP contribution in [-0.2, 0) is 6.42 Å². The molecule has 0 spiro atoms. The van der Waals surface area contributed by atoms with Crippen molar-refractivity contribution >= 4 is 23.4 Å². The van der Waals surface area contributed by atoms with Gasteiger partial charge in [0.25, 0.3) is 5.91 Å². The molecule has 1 aliphatic heterocycles. The summed E-state index contributed by atoms with van der Waals surface area (Å²) in [6.45, 7) is 1.77. The summed E-state index contributed by atoms with van der Waals surface area (Å²) in [4.78, 5) is 12.1. The molecule has 1 aliphatic carbocycles. The zero-order valence-corrected chi connectivity index (χ0v) is 11.4. The maximum absolute atomic E-state index is 12.1. The highest BCUT2D eigenvalue weighted by molar-refractivity contribution is 8.00. The Morgan fingerprint density at radius 1 is 1.50 bits per heavy atom. The Bertz CT molecular complexity index is 483. The Balaban J connectivity index is 1.65. The van der Waals surface area contributed by atoms with Crippen molar-refractivity contribution in [3.8, 4) is 0 Å². The van der Waals surface area contributed by atoms with E-state index in [1.54, 1.807) is 0 Å². The van der Waals surface area contributed by atoms with E-state index in [-0.39, 0.29) is 5.91 Å². The molecule has 1 aromatic carbocycles. The second-order valence-corrected chi connectivity index (χ2v) is 6.39. The van der Waals surface area contributed by atoms with Gasteiger partial charge in [0.1, 0.15) is 0 Å². The molecule has 2 N–H and O–H groups in total. The lowest BCUT2D eigenvalue weighted by Gasteiger charge is -2.13. The number of amides is 1. The molecule has 0 aromatic heterocycles. The van der Waals surface area contributed by atoms with E-state index in [2.05, 4.69) is 23.0 Å². The lowest BCUT2D eigenvalue weighted by molar-refractivity contribution is 0.0953. The summed E-state index contributed by atoms with van der Waals surface area (Å²) in [5.41, 5.74) is 3.20. The van der Waals surface area contributed by atoms with E-state index in [9.17, 15) is 4.79 Å². The Morgan fingerprint density at radius 2 is 2.33 bits per heavy atom. The van der Waals surface area contributed by atoms with Crippen LogP contribution in [0.5, 0.6) is 0 Å². The number of fused-ring (bicyclic) bond motifs is 1. The fourth-order valence-electron chi connectivity index (χ4n) is 2.37. The van der Waals surface area contributed by atoms with Crippen LogP contribution in [0.3, 0.4) is 0 Å². The van der Waals surface area contributed by atoms with Crippen LogP contribution in [0.2, 0.25) is 0 Å². The fraction of sp³-hybridized carbons (Fsp3) is 0.500. The quantitative estimate of drug-likeness (QED) is 0.874. The van der Waals surface area contributed by atoms with Crippen LogP contribution in [0.15, 0.2) is 18.2 Å². The summed E-state index contributed by atoms with van der Waals surface area (Å²) in [7, 11) is 0. The van der Waals surface area contributed by atoms with Crippen LogP contribution < -0.4 is 10.6 Å². The summed E-state index contributed by atoms with van der Waals surface area (Å²) in [6.07, 6.45) is 5.63. The third-order valence-electron chi connectivity index (χ3n) is 3.89. The Kier molecular flexibility index (Phi) is 2.98. The van der Waals surface area contributed by atoms with E-state index in [1.807, 2.05) is 23.9 Å². The number of thioether (sulfide) groups is 1. The molecular formula is C14H18N2OS. The molecule has 0 unspecified atom stereocenters. The van der Waals surface area contributed by atoms with Gasteiger partial charge in [-0.25, -0.2) is 0 Å². The average molecular weight is 262 g/mol. The minimum Gasteiger partial charge on any atom is -0.384 e. The number of anilines is 1. The Labute approximate surface area is 112 Å². The number of carbonyl (C=O) groups is 1. The number of hydrogen-bond acceptors (Lipinski definition) is 3. The summed E-state index contributed by atoms with van der Waals surface area (Å²) in [5.74, 6) is 0.0480. The van der Waals surface area contributed by atoms with Gasteiger partial charge >= 0.3 is 0 Å². The SMILES string of the molecule is CSC1(CNC(=O)c2ccc3c(c2)NCC3)CC1. The van der Waals surface area contributed by atoms with Crippen molar-refractivity contribution in [2.24, 2.45) is 0 Å². The highest BCUT2D eigenvalue weighted by Crippen LogP contribution is 2.46. The van der Waals surface area contributed by atoms with Crippen LogP contribution in [-0.4, -0.2) is 30.0 Å². The maximum Gasteiger partial charge on any atom is 0.251 e. The number of benzene rings is 1. The molecule has 1 aromatic rings. The molecule has 0 atom stereocenters. The van der Waals surface area contributed by atoms with Crippen molar-refractivity contribution in [1.29, 1.82) is 0 Å². The van der Waals surface area contributed by atoms with Crippen molar-refractivity contribution < 1.29 is 4.79 Å². The first kappa shape index (κ1) is 11.9. The Morgan fingerprint density at radius 3 is 3.06 bits per heavy atom. The molecule has 1 heterocycles. The van der Waals surface area contributed by atoms with Crippen LogP contribution in [0, 0.1) is 0 Å². The topological polar surface area (TPSA) is 41.1 Å². The number of rotatable bonds is 4. The minimum absolute atomic E-state index is 0.0480. The van der Waals surface area contributed by atoms with Gasteiger partial charge in [0.2, 0.25) is 0 Å². The molecule has 4 heteroatoms. The molecule has 0 radical (unpaired) electrons. The van der Waals surface area contributed by atoms with Crippen LogP contribution in [0.4, 0.5) is 5.69 Å². The van der Waals surface area contributed by atoms with Crippen molar-refractivity contribution in [1.82, 2.24) is 5.32 Å². The standard InChI is InChI=1S/C14H18N2OS/c1-18-14(5-6-14)9-16-13(17)11-3-2-10-4-7-15-12(10)8-11/h2-3,8,15H,4-7,9H2,1H3,(H,16,17). The van der Waals surface area contributed by atoms with Crippen LogP contribution in [0.25, 0.3) is 0 Å². The van der Waals surface area contributed by atoms with E-state index < -0.39 is 0 Å². The van der Waals surface area contributed by atoms with E-state index in [0.717, 1.165) is 30.8 Å². The number of nitrogens with one attached hydrogen (secondary N) is 2. The molecule has 3 rings (SSSR count). The summed E-state index contributed by atoms with van der Waals surface area (Å²) in [5, 5.41) is 6.36. The summed E-state index contributed by atoms with van der Waals surface area (Å²) in [6, 6.07) is 5.96. The first-order valence-corrected chi connectivity index (χ1v) is 7.65. The first-order chi connectivity index (χ1) is 8.72. The normalized spacial score (nSPS) is 18.9. The molecule has 1 amide bonds. The third kappa shape index (κ3) is 2.21. The van der Waals surface area contributed by atoms with E-state index in [0.29, 0.717) is 4.75 Å². The maximum atomic E-state index is 12.1. The van der Waals surface area contributed by atoms with Gasteiger partial charge in [-0.3, -0.25) is 4.79 Å². The van der Waals surface area contributed by atoms with Gasteiger partial charge in [-0.15, -0.1) is 0 Å². The Hall–Kier alpha value is -1.16. The predicted molar refractivity (Wildman–Crippen MR) is 76.4 cm³/mol. The van der Waals surface area contributed by atoms with Crippen LogP contribution in [0.1, 0.15) is 28.8 Å². The highest BCUT2D eigenvalue weighted by Gasteiger charge is 2.41. The molecule has 2 aliphatic rings. The van der Waals surface area contributed by atoms with E-state index in [1.165, 1.54) is 18.4 Å². The highest BCUT2D eigenvalue weighted by atomic mass is 32.2. The van der Waals surface area contributed by atoms with Crippen molar-refractivity contribution in [3.05, 3.63) is 29.3 Å². The minimum atomic E-state index is 0.0480. The molecular weight excluding hydrogens is 244 g/mol. The van der Waals surface area contributed by atoms with E-state index >= 15 is 0 Å². The van der Waals surface area contributed by atoms with Gasteiger partial charge in [0.15, 0.2) is 0 Å². The molecule has 1 saturated carbocycles. The smallest absolute Gasteiger partial charge is 0.251 e. The lowest BCUT2D eigenvalue weighted by atomic mass is 10.1. The van der Waals surface area contributed by atoms with Gasteiger partial charge < -0.3 is 10.6 Å². The molecule has 18 heavy (non-hydrogen) atoms. The van der Waals surface area contributed by atoms with Gasteiger partial charge in [-0.1, -0.05) is 6.07 Å². The average Bonchev–Trinajstić information content (AvgIpc) is 3.04. The first-order valence-electron chi connectivity index (χ1n) is 6.43. The largest absolute Gasteiger partial charge is 0.384 e. The van der Waals surface area contributed by atoms with E-state index in [4.69, 9.17) is 0 Å². The molecule has 0 saturated heterocycles. The van der Waals surface area contributed by atoms with Gasteiger partial charge in [-0.2, -0.15) is 11.8 Å². The fourth-order valence-corrected chi connectivity index (χ4v) is 3.09. The second kappa shape index (κ2) is 4.50. The van der Waals surface area contributed by atoms with Crippen LogP contribution >= 0.6 is 11.8 Å².